The van der Waals surface area contributed by atoms with Gasteiger partial charge in [-0.3, -0.25) is 0 Å². The second kappa shape index (κ2) is 6.81. The van der Waals surface area contributed by atoms with Crippen molar-refractivity contribution in [2.75, 3.05) is 13.6 Å². The number of hydrogen-bond acceptors (Lipinski definition) is 3. The van der Waals surface area contributed by atoms with Crippen LogP contribution in [0, 0.1) is 0 Å². The number of nitrogens with two attached hydrogens (primary N) is 1. The molecule has 0 atom stereocenters. The predicted octanol–water partition coefficient (Wildman–Crippen LogP) is 2.78. The maximum atomic E-state index is 7.42. The van der Waals surface area contributed by atoms with Crippen LogP contribution in [-0.4, -0.2) is 13.6 Å². The Balaban J connectivity index is 2.09. The lowest BCUT2D eigenvalue weighted by Gasteiger charge is -2.12. The third kappa shape index (κ3) is 3.73. The van der Waals surface area contributed by atoms with Gasteiger partial charge in [-0.15, -0.1) is 0 Å². The van der Waals surface area contributed by atoms with Gasteiger partial charge in [-0.1, -0.05) is 36.4 Å². The molecule has 0 fully saturated rings. The summed E-state index contributed by atoms with van der Waals surface area (Å²) in [5.74, 6) is 1.20. The first-order valence-corrected chi connectivity index (χ1v) is 6.10. The molecule has 2 rings (SSSR count). The van der Waals surface area contributed by atoms with Crippen molar-refractivity contribution in [3.63, 3.8) is 0 Å². The van der Waals surface area contributed by atoms with Crippen LogP contribution >= 0.6 is 0 Å². The third-order valence-corrected chi connectivity index (χ3v) is 2.77. The summed E-state index contributed by atoms with van der Waals surface area (Å²) < 4.78 is 25.9. The fourth-order valence-corrected chi connectivity index (χ4v) is 1.79. The minimum absolute atomic E-state index is 0.127. The second-order valence-corrected chi connectivity index (χ2v) is 4.14. The first kappa shape index (κ1) is 10.9. The van der Waals surface area contributed by atoms with Crippen LogP contribution in [0.4, 0.5) is 0 Å². The van der Waals surface area contributed by atoms with Gasteiger partial charge in [0.05, 0.1) is 7.11 Å². The Morgan fingerprint density at radius 2 is 1.84 bits per heavy atom. The summed E-state index contributed by atoms with van der Waals surface area (Å²) in [5, 5.41) is 0. The first-order valence-electron chi connectivity index (χ1n) is 7.10. The summed E-state index contributed by atoms with van der Waals surface area (Å²) in [6.07, 6.45) is 0.127. The van der Waals surface area contributed by atoms with Crippen molar-refractivity contribution in [2.24, 2.45) is 5.73 Å². The van der Waals surface area contributed by atoms with E-state index in [0.717, 1.165) is 11.1 Å². The molecule has 0 amide bonds. The summed E-state index contributed by atoms with van der Waals surface area (Å²) in [6.45, 7) is -1.29. The van der Waals surface area contributed by atoms with Crippen LogP contribution in [0.3, 0.4) is 0 Å². The number of benzene rings is 2. The van der Waals surface area contributed by atoms with E-state index < -0.39 is 6.50 Å². The molecular weight excluding hydrogens is 238 g/mol. The molecule has 2 aromatic carbocycles. The highest BCUT2D eigenvalue weighted by molar-refractivity contribution is 5.43. The Kier molecular flexibility index (Phi) is 3.90. The maximum Gasteiger partial charge on any atom is 0.161 e. The molecular formula is C16H19NO2. The molecule has 0 aliphatic carbocycles. The Morgan fingerprint density at radius 1 is 1.05 bits per heavy atom. The molecule has 0 aromatic heterocycles. The number of aryl methyl sites for hydroxylation is 1. The van der Waals surface area contributed by atoms with Crippen LogP contribution in [0.1, 0.15) is 13.9 Å². The molecule has 0 saturated carbocycles. The van der Waals surface area contributed by atoms with Crippen LogP contribution in [0.5, 0.6) is 11.5 Å². The van der Waals surface area contributed by atoms with Crippen molar-refractivity contribution in [3.05, 3.63) is 59.7 Å². The van der Waals surface area contributed by atoms with Gasteiger partial charge < -0.3 is 15.2 Å². The third-order valence-electron chi connectivity index (χ3n) is 2.77. The fourth-order valence-electron chi connectivity index (χ4n) is 1.79. The van der Waals surface area contributed by atoms with E-state index in [1.54, 1.807) is 25.3 Å². The number of methoxy groups -OCH3 is 1. The van der Waals surface area contributed by atoms with Crippen molar-refractivity contribution in [1.29, 1.82) is 0 Å². The van der Waals surface area contributed by atoms with Gasteiger partial charge in [0.15, 0.2) is 11.5 Å². The molecule has 2 N–H and O–H groups in total. The topological polar surface area (TPSA) is 44.5 Å². The van der Waals surface area contributed by atoms with Crippen LogP contribution < -0.4 is 15.2 Å². The largest absolute Gasteiger partial charge is 0.493 e. The van der Waals surface area contributed by atoms with E-state index in [-0.39, 0.29) is 6.42 Å². The van der Waals surface area contributed by atoms with E-state index in [9.17, 15) is 0 Å². The first-order chi connectivity index (χ1) is 9.98. The highest BCUT2D eigenvalue weighted by atomic mass is 16.5. The van der Waals surface area contributed by atoms with E-state index >= 15 is 0 Å². The quantitative estimate of drug-likeness (QED) is 0.867. The van der Waals surface area contributed by atoms with Crippen molar-refractivity contribution < 1.29 is 12.2 Å². The molecule has 2 aromatic rings. The summed E-state index contributed by atoms with van der Waals surface area (Å²) in [5.41, 5.74) is 7.23. The zero-order chi connectivity index (χ0) is 15.3. The van der Waals surface area contributed by atoms with E-state index in [2.05, 4.69) is 0 Å². The normalized spacial score (nSPS) is 12.5. The highest BCUT2D eigenvalue weighted by Gasteiger charge is 2.05. The molecule has 0 aliphatic heterocycles. The minimum atomic E-state index is -1.74. The summed E-state index contributed by atoms with van der Waals surface area (Å²) >= 11 is 0. The Bertz CT molecular complexity index is 583. The number of rotatable bonds is 6. The summed E-state index contributed by atoms with van der Waals surface area (Å²) in [7, 11) is 1.56. The molecule has 0 radical (unpaired) electrons. The van der Waals surface area contributed by atoms with Gasteiger partial charge in [-0.2, -0.15) is 0 Å². The number of hydrogen-bond donors (Lipinski definition) is 1. The zero-order valence-electron chi connectivity index (χ0n) is 12.9. The molecule has 0 bridgehead atoms. The molecule has 3 nitrogen and oxygen atoms in total. The molecule has 0 aliphatic rings. The smallest absolute Gasteiger partial charge is 0.161 e. The lowest BCUT2D eigenvalue weighted by Crippen LogP contribution is -2.03. The monoisotopic (exact) mass is 259 g/mol. The van der Waals surface area contributed by atoms with Gasteiger partial charge in [0.25, 0.3) is 0 Å². The van der Waals surface area contributed by atoms with Crippen molar-refractivity contribution >= 4 is 0 Å². The molecule has 19 heavy (non-hydrogen) atoms. The van der Waals surface area contributed by atoms with Crippen LogP contribution in [0.2, 0.25) is 0 Å². The molecule has 0 spiro atoms. The Morgan fingerprint density at radius 3 is 2.53 bits per heavy atom. The van der Waals surface area contributed by atoms with Crippen molar-refractivity contribution in [3.8, 4) is 11.5 Å². The van der Waals surface area contributed by atoms with Crippen molar-refractivity contribution in [1.82, 2.24) is 0 Å². The van der Waals surface area contributed by atoms with Gasteiger partial charge >= 0.3 is 0 Å². The van der Waals surface area contributed by atoms with Crippen LogP contribution in [-0.2, 0) is 13.0 Å². The zero-order valence-corrected chi connectivity index (χ0v) is 10.9. The van der Waals surface area contributed by atoms with Crippen molar-refractivity contribution in [2.45, 2.75) is 13.0 Å². The Hall–Kier alpha value is -2.00. The molecule has 0 heterocycles. The molecule has 3 heteroatoms. The van der Waals surface area contributed by atoms with E-state index in [0.29, 0.717) is 18.1 Å². The maximum absolute atomic E-state index is 7.42. The lowest BCUT2D eigenvalue weighted by molar-refractivity contribution is 0.284. The standard InChI is InChI=1S/C16H19NO2/c1-18-16-11-13(9-10-17)7-8-15(16)19-12-14-5-3-2-4-6-14/h2-8,11H,9-10,12,17H2,1H3/i10D2. The predicted molar refractivity (Wildman–Crippen MR) is 76.5 cm³/mol. The fraction of sp³-hybridized carbons (Fsp3) is 0.250. The van der Waals surface area contributed by atoms with Gasteiger partial charge in [-0.05, 0) is 36.2 Å². The van der Waals surface area contributed by atoms with E-state index in [1.165, 1.54) is 0 Å². The van der Waals surface area contributed by atoms with Crippen LogP contribution in [0.15, 0.2) is 48.5 Å². The van der Waals surface area contributed by atoms with E-state index in [4.69, 9.17) is 17.9 Å². The lowest BCUT2D eigenvalue weighted by atomic mass is 10.1. The summed E-state index contributed by atoms with van der Waals surface area (Å²) in [6, 6.07) is 15.2. The average molecular weight is 259 g/mol. The van der Waals surface area contributed by atoms with Gasteiger partial charge in [0, 0.05) is 2.74 Å². The Labute approximate surface area is 116 Å². The second-order valence-electron chi connectivity index (χ2n) is 4.14. The number of ether oxygens (including phenoxy) is 2. The van der Waals surface area contributed by atoms with Gasteiger partial charge in [-0.25, -0.2) is 0 Å². The van der Waals surface area contributed by atoms with E-state index in [1.807, 2.05) is 30.3 Å². The summed E-state index contributed by atoms with van der Waals surface area (Å²) in [4.78, 5) is 0. The molecule has 100 valence electrons. The highest BCUT2D eigenvalue weighted by Crippen LogP contribution is 2.28. The van der Waals surface area contributed by atoms with Crippen LogP contribution in [0.25, 0.3) is 0 Å². The molecule has 0 saturated heterocycles. The van der Waals surface area contributed by atoms with Gasteiger partial charge in [0.1, 0.15) is 6.61 Å². The average Bonchev–Trinajstić information content (AvgIpc) is 2.45. The SMILES string of the molecule is [2H]C([2H])(N)Cc1ccc(OCc2ccccc2)c(OC)c1. The molecule has 0 unspecified atom stereocenters. The minimum Gasteiger partial charge on any atom is -0.493 e. The van der Waals surface area contributed by atoms with Gasteiger partial charge in [0.2, 0.25) is 0 Å².